The predicted molar refractivity (Wildman–Crippen MR) is 119 cm³/mol. The molecule has 0 aliphatic rings. The van der Waals surface area contributed by atoms with Gasteiger partial charge in [-0.05, 0) is 55.5 Å². The van der Waals surface area contributed by atoms with E-state index in [1.807, 2.05) is 6.92 Å². The second-order valence-electron chi connectivity index (χ2n) is 6.62. The van der Waals surface area contributed by atoms with Gasteiger partial charge in [-0.15, -0.1) is 0 Å². The van der Waals surface area contributed by atoms with E-state index in [0.717, 1.165) is 0 Å². The van der Waals surface area contributed by atoms with Gasteiger partial charge in [-0.1, -0.05) is 11.6 Å². The van der Waals surface area contributed by atoms with Gasteiger partial charge in [0.05, 0.1) is 23.7 Å². The minimum Gasteiger partial charge on any atom is -0.348 e. The summed E-state index contributed by atoms with van der Waals surface area (Å²) in [5.41, 5.74) is 2.36. The van der Waals surface area contributed by atoms with Crippen molar-refractivity contribution in [1.29, 1.82) is 5.26 Å². The molecule has 8 heteroatoms. The summed E-state index contributed by atoms with van der Waals surface area (Å²) < 4.78 is 0. The van der Waals surface area contributed by atoms with E-state index in [1.54, 1.807) is 53.4 Å². The normalized spacial score (nSPS) is 10.3. The Labute approximate surface area is 179 Å². The number of hydrogen-bond donors (Lipinski definition) is 2. The molecule has 2 N–H and O–H groups in total. The summed E-state index contributed by atoms with van der Waals surface area (Å²) in [6, 6.07) is 15.9. The number of benzene rings is 2. The summed E-state index contributed by atoms with van der Waals surface area (Å²) in [5, 5.41) is 16.2. The topological polar surface area (TPSA) is 98.1 Å². The average Bonchev–Trinajstić information content (AvgIpc) is 2.72. The molecule has 1 heterocycles. The van der Waals surface area contributed by atoms with E-state index in [4.69, 9.17) is 11.6 Å². The molecule has 7 nitrogen and oxygen atoms in total. The molecule has 0 unspecified atom stereocenters. The minimum atomic E-state index is -0.222. The average molecular weight is 422 g/mol. The number of nitrogens with one attached hydrogen (secondary N) is 2. The van der Waals surface area contributed by atoms with E-state index in [9.17, 15) is 14.9 Å². The van der Waals surface area contributed by atoms with Crippen molar-refractivity contribution in [2.75, 3.05) is 28.6 Å². The molecule has 3 rings (SSSR count). The Kier molecular flexibility index (Phi) is 6.50. The third kappa shape index (κ3) is 5.04. The van der Waals surface area contributed by atoms with Crippen LogP contribution in [0.5, 0.6) is 0 Å². The van der Waals surface area contributed by atoms with E-state index in [0.29, 0.717) is 45.2 Å². The van der Waals surface area contributed by atoms with E-state index < -0.39 is 0 Å². The van der Waals surface area contributed by atoms with Crippen LogP contribution in [0.2, 0.25) is 5.02 Å². The minimum absolute atomic E-state index is 0.0703. The lowest BCUT2D eigenvalue weighted by Gasteiger charge is -2.22. The molecule has 0 saturated carbocycles. The van der Waals surface area contributed by atoms with Crippen LogP contribution in [-0.4, -0.2) is 29.9 Å². The quantitative estimate of drug-likeness (QED) is 0.622. The first-order valence-electron chi connectivity index (χ1n) is 9.32. The fourth-order valence-electron chi connectivity index (χ4n) is 3.01. The maximum atomic E-state index is 12.5. The highest BCUT2D eigenvalue weighted by atomic mass is 35.5. The van der Waals surface area contributed by atoms with Gasteiger partial charge in [-0.25, -0.2) is 4.98 Å². The highest BCUT2D eigenvalue weighted by molar-refractivity contribution is 6.31. The zero-order chi connectivity index (χ0) is 21.7. The smallest absolute Gasteiger partial charge is 0.243 e. The fraction of sp³-hybridized carbons (Fsp3) is 0.182. The summed E-state index contributed by atoms with van der Waals surface area (Å²) in [5.74, 6) is 0.160. The number of halogens is 1. The SMILES string of the molecule is CCN(CC(=O)Nc1ccc(NC(C)=O)cc1)c1cc(C#N)c2cc(Cl)ccc2n1. The molecule has 0 spiro atoms. The van der Waals surface area contributed by atoms with E-state index in [1.165, 1.54) is 6.92 Å². The van der Waals surface area contributed by atoms with E-state index in [-0.39, 0.29) is 18.4 Å². The number of nitrogens with zero attached hydrogens (tertiary/aromatic N) is 3. The number of likely N-dealkylation sites (N-methyl/N-ethyl adjacent to an activating group) is 1. The van der Waals surface area contributed by atoms with Crippen LogP contribution in [0.15, 0.2) is 48.5 Å². The summed E-state index contributed by atoms with van der Waals surface area (Å²) in [4.78, 5) is 30.0. The van der Waals surface area contributed by atoms with Crippen molar-refractivity contribution in [3.05, 3.63) is 59.1 Å². The Morgan fingerprint density at radius 1 is 1.10 bits per heavy atom. The molecule has 30 heavy (non-hydrogen) atoms. The van der Waals surface area contributed by atoms with Gasteiger partial charge in [0.2, 0.25) is 11.8 Å². The number of anilines is 3. The third-order valence-electron chi connectivity index (χ3n) is 4.41. The van der Waals surface area contributed by atoms with Crippen molar-refractivity contribution in [2.24, 2.45) is 0 Å². The highest BCUT2D eigenvalue weighted by Gasteiger charge is 2.15. The molecule has 2 aromatic carbocycles. The second-order valence-corrected chi connectivity index (χ2v) is 7.06. The van der Waals surface area contributed by atoms with Crippen LogP contribution in [0, 0.1) is 11.3 Å². The molecule has 0 aliphatic carbocycles. The predicted octanol–water partition coefficient (Wildman–Crippen LogP) is 4.18. The second kappa shape index (κ2) is 9.25. The van der Waals surface area contributed by atoms with Crippen LogP contribution < -0.4 is 15.5 Å². The number of pyridine rings is 1. The van der Waals surface area contributed by atoms with Crippen molar-refractivity contribution in [3.63, 3.8) is 0 Å². The molecule has 0 bridgehead atoms. The number of fused-ring (bicyclic) bond motifs is 1. The molecule has 0 saturated heterocycles. The Morgan fingerprint density at radius 3 is 2.37 bits per heavy atom. The molecule has 1 aromatic heterocycles. The lowest BCUT2D eigenvalue weighted by atomic mass is 10.1. The third-order valence-corrected chi connectivity index (χ3v) is 4.64. The number of carbonyl (C=O) groups is 2. The number of carbonyl (C=O) groups excluding carboxylic acids is 2. The molecule has 0 aliphatic heterocycles. The van der Waals surface area contributed by atoms with Crippen LogP contribution in [0.1, 0.15) is 19.4 Å². The van der Waals surface area contributed by atoms with Crippen molar-refractivity contribution < 1.29 is 9.59 Å². The first-order valence-corrected chi connectivity index (χ1v) is 9.70. The maximum absolute atomic E-state index is 12.5. The monoisotopic (exact) mass is 421 g/mol. The number of aromatic nitrogens is 1. The Bertz CT molecular complexity index is 1140. The Morgan fingerprint density at radius 2 is 1.77 bits per heavy atom. The van der Waals surface area contributed by atoms with Gasteiger partial charge in [0, 0.05) is 35.3 Å². The van der Waals surface area contributed by atoms with Crippen LogP contribution >= 0.6 is 11.6 Å². The van der Waals surface area contributed by atoms with Gasteiger partial charge in [-0.2, -0.15) is 5.26 Å². The zero-order valence-electron chi connectivity index (χ0n) is 16.6. The zero-order valence-corrected chi connectivity index (χ0v) is 17.3. The molecular formula is C22H20ClN5O2. The summed E-state index contributed by atoms with van der Waals surface area (Å²) in [6.07, 6.45) is 0. The lowest BCUT2D eigenvalue weighted by molar-refractivity contribution is -0.115. The van der Waals surface area contributed by atoms with Gasteiger partial charge in [0.25, 0.3) is 0 Å². The summed E-state index contributed by atoms with van der Waals surface area (Å²) >= 11 is 6.04. The Hall–Kier alpha value is -3.63. The standard InChI is InChI=1S/C22H20ClN5O2/c1-3-28(13-22(30)26-18-7-5-17(6-8-18)25-14(2)29)21-10-15(12-24)19-11-16(23)4-9-20(19)27-21/h4-11H,3,13H2,1-2H3,(H,25,29)(H,26,30). The Balaban J connectivity index is 1.76. The lowest BCUT2D eigenvalue weighted by Crippen LogP contribution is -2.33. The molecule has 0 fully saturated rings. The molecule has 0 radical (unpaired) electrons. The van der Waals surface area contributed by atoms with E-state index >= 15 is 0 Å². The first-order chi connectivity index (χ1) is 14.4. The molecule has 0 atom stereocenters. The molecule has 3 aromatic rings. The number of nitriles is 1. The van der Waals surface area contributed by atoms with Gasteiger partial charge in [0.1, 0.15) is 5.82 Å². The van der Waals surface area contributed by atoms with Crippen LogP contribution in [0.3, 0.4) is 0 Å². The van der Waals surface area contributed by atoms with Gasteiger partial charge in [-0.3, -0.25) is 9.59 Å². The maximum Gasteiger partial charge on any atom is 0.243 e. The van der Waals surface area contributed by atoms with Crippen molar-refractivity contribution >= 4 is 51.5 Å². The largest absolute Gasteiger partial charge is 0.348 e. The highest BCUT2D eigenvalue weighted by Crippen LogP contribution is 2.25. The van der Waals surface area contributed by atoms with Crippen molar-refractivity contribution in [2.45, 2.75) is 13.8 Å². The number of hydrogen-bond acceptors (Lipinski definition) is 5. The summed E-state index contributed by atoms with van der Waals surface area (Å²) in [7, 11) is 0. The van der Waals surface area contributed by atoms with Gasteiger partial charge < -0.3 is 15.5 Å². The number of rotatable bonds is 6. The van der Waals surface area contributed by atoms with Crippen molar-refractivity contribution in [1.82, 2.24) is 4.98 Å². The fourth-order valence-corrected chi connectivity index (χ4v) is 3.18. The first kappa shape index (κ1) is 21.1. The van der Waals surface area contributed by atoms with Gasteiger partial charge >= 0.3 is 0 Å². The molecule has 2 amide bonds. The van der Waals surface area contributed by atoms with Crippen LogP contribution in [-0.2, 0) is 9.59 Å². The molecular weight excluding hydrogens is 402 g/mol. The van der Waals surface area contributed by atoms with Crippen LogP contribution in [0.4, 0.5) is 17.2 Å². The van der Waals surface area contributed by atoms with Gasteiger partial charge in [0.15, 0.2) is 0 Å². The summed E-state index contributed by atoms with van der Waals surface area (Å²) in [6.45, 7) is 3.95. The number of amides is 2. The van der Waals surface area contributed by atoms with Crippen molar-refractivity contribution in [3.8, 4) is 6.07 Å². The molecule has 152 valence electrons. The van der Waals surface area contributed by atoms with E-state index in [2.05, 4.69) is 21.7 Å². The van der Waals surface area contributed by atoms with Crippen LogP contribution in [0.25, 0.3) is 10.9 Å².